The van der Waals surface area contributed by atoms with Gasteiger partial charge in [0.15, 0.2) is 17.3 Å². The maximum Gasteiger partial charge on any atom is 0.331 e. The Morgan fingerprint density at radius 2 is 2.02 bits per heavy atom. The molecule has 0 aliphatic carbocycles. The SMILES string of the molecule is C=CCn1c(O)c(C(=O)C=Cc2c(CCN(C)C(=O)c3ccccc3Cl)cc3c(c2OC)OCO3)c(=O)[nH]c1=O. The third kappa shape index (κ3) is 5.50. The fraction of sp³-hybridized carbons (Fsp3) is 0.214. The fourth-order valence-corrected chi connectivity index (χ4v) is 4.44. The summed E-state index contributed by atoms with van der Waals surface area (Å²) < 4.78 is 17.5. The van der Waals surface area contributed by atoms with Crippen molar-refractivity contribution in [3.8, 4) is 23.1 Å². The van der Waals surface area contributed by atoms with E-state index in [9.17, 15) is 24.3 Å². The van der Waals surface area contributed by atoms with Gasteiger partial charge in [0.2, 0.25) is 18.4 Å². The lowest BCUT2D eigenvalue weighted by Gasteiger charge is -2.20. The first-order chi connectivity index (χ1) is 19.2. The summed E-state index contributed by atoms with van der Waals surface area (Å²) in [6.07, 6.45) is 4.15. The maximum absolute atomic E-state index is 13.0. The van der Waals surface area contributed by atoms with Gasteiger partial charge in [-0.05, 0) is 42.3 Å². The molecule has 0 saturated carbocycles. The van der Waals surface area contributed by atoms with E-state index in [4.69, 9.17) is 25.8 Å². The maximum atomic E-state index is 13.0. The Balaban J connectivity index is 1.68. The highest BCUT2D eigenvalue weighted by atomic mass is 35.5. The number of carbonyl (C=O) groups is 2. The molecule has 2 N–H and O–H groups in total. The summed E-state index contributed by atoms with van der Waals surface area (Å²) in [4.78, 5) is 53.9. The van der Waals surface area contributed by atoms with Crippen LogP contribution in [0.2, 0.25) is 5.02 Å². The average molecular weight is 568 g/mol. The summed E-state index contributed by atoms with van der Waals surface area (Å²) in [5, 5.41) is 10.8. The topological polar surface area (TPSA) is 140 Å². The molecule has 0 radical (unpaired) electrons. The van der Waals surface area contributed by atoms with Crippen LogP contribution in [0.1, 0.15) is 31.8 Å². The van der Waals surface area contributed by atoms with Crippen LogP contribution in [-0.2, 0) is 13.0 Å². The zero-order chi connectivity index (χ0) is 29.0. The molecule has 0 bridgehead atoms. The minimum Gasteiger partial charge on any atom is -0.494 e. The lowest BCUT2D eigenvalue weighted by Crippen LogP contribution is -2.33. The number of methoxy groups -OCH3 is 1. The van der Waals surface area contributed by atoms with Crippen molar-refractivity contribution in [3.05, 3.63) is 97.2 Å². The predicted molar refractivity (Wildman–Crippen MR) is 148 cm³/mol. The Kier molecular flexibility index (Phi) is 8.44. The Hall–Kier alpha value is -4.77. The average Bonchev–Trinajstić information content (AvgIpc) is 3.40. The van der Waals surface area contributed by atoms with Crippen LogP contribution >= 0.6 is 11.6 Å². The van der Waals surface area contributed by atoms with Crippen LogP contribution in [0.4, 0.5) is 0 Å². The molecule has 0 atom stereocenters. The van der Waals surface area contributed by atoms with Gasteiger partial charge >= 0.3 is 5.69 Å². The minimum atomic E-state index is -1.03. The molecule has 0 spiro atoms. The first kappa shape index (κ1) is 28.2. The molecule has 1 aliphatic rings. The summed E-state index contributed by atoms with van der Waals surface area (Å²) in [6.45, 7) is 3.62. The van der Waals surface area contributed by atoms with E-state index in [2.05, 4.69) is 6.58 Å². The number of hydrogen-bond acceptors (Lipinski definition) is 8. The van der Waals surface area contributed by atoms with Crippen molar-refractivity contribution in [1.82, 2.24) is 14.5 Å². The van der Waals surface area contributed by atoms with Crippen LogP contribution in [0.5, 0.6) is 23.1 Å². The highest BCUT2D eigenvalue weighted by molar-refractivity contribution is 6.33. The number of hydrogen-bond donors (Lipinski definition) is 2. The summed E-state index contributed by atoms with van der Waals surface area (Å²) in [7, 11) is 3.07. The highest BCUT2D eigenvalue weighted by Gasteiger charge is 2.26. The Morgan fingerprint density at radius 3 is 2.73 bits per heavy atom. The summed E-state index contributed by atoms with van der Waals surface area (Å²) in [5.41, 5.74) is -1.06. The van der Waals surface area contributed by atoms with Gasteiger partial charge in [0.05, 0.1) is 17.7 Å². The number of ether oxygens (including phenoxy) is 3. The Labute approximate surface area is 233 Å². The number of aromatic nitrogens is 2. The predicted octanol–water partition coefficient (Wildman–Crippen LogP) is 3.03. The van der Waals surface area contributed by atoms with Gasteiger partial charge in [-0.2, -0.15) is 0 Å². The molecule has 3 aromatic rings. The molecule has 0 unspecified atom stereocenters. The van der Waals surface area contributed by atoms with Gasteiger partial charge in [-0.25, -0.2) is 4.79 Å². The molecule has 2 aromatic carbocycles. The van der Waals surface area contributed by atoms with E-state index in [0.29, 0.717) is 39.6 Å². The van der Waals surface area contributed by atoms with Crippen molar-refractivity contribution in [3.63, 3.8) is 0 Å². The molecule has 12 heteroatoms. The van der Waals surface area contributed by atoms with Gasteiger partial charge in [-0.3, -0.25) is 23.9 Å². The van der Waals surface area contributed by atoms with Crippen LogP contribution in [0.25, 0.3) is 6.08 Å². The number of allylic oxidation sites excluding steroid dienone is 2. The number of benzene rings is 2. The smallest absolute Gasteiger partial charge is 0.331 e. The minimum absolute atomic E-state index is 0.0315. The Bertz CT molecular complexity index is 1640. The van der Waals surface area contributed by atoms with Gasteiger partial charge in [0.25, 0.3) is 11.5 Å². The number of likely N-dealkylation sites (N-methyl/N-ethyl adjacent to an activating group) is 1. The van der Waals surface area contributed by atoms with Crippen molar-refractivity contribution in [2.24, 2.45) is 0 Å². The second-order valence-electron chi connectivity index (χ2n) is 8.73. The number of ketones is 1. The van der Waals surface area contributed by atoms with Crippen molar-refractivity contribution in [2.75, 3.05) is 27.5 Å². The number of amides is 1. The van der Waals surface area contributed by atoms with E-state index in [1.165, 1.54) is 24.2 Å². The first-order valence-corrected chi connectivity index (χ1v) is 12.4. The molecule has 1 aromatic heterocycles. The highest BCUT2D eigenvalue weighted by Crippen LogP contribution is 2.45. The molecule has 11 nitrogen and oxygen atoms in total. The van der Waals surface area contributed by atoms with Gasteiger partial charge in [-0.15, -0.1) is 6.58 Å². The number of H-pyrrole nitrogens is 1. The van der Waals surface area contributed by atoms with Crippen molar-refractivity contribution >= 4 is 29.4 Å². The zero-order valence-corrected chi connectivity index (χ0v) is 22.5. The number of aromatic amines is 1. The number of nitrogens with zero attached hydrogens (tertiary/aromatic N) is 2. The summed E-state index contributed by atoms with van der Waals surface area (Å²) >= 11 is 6.19. The molecular weight excluding hydrogens is 542 g/mol. The number of carbonyl (C=O) groups excluding carboxylic acids is 2. The third-order valence-corrected chi connectivity index (χ3v) is 6.58. The summed E-state index contributed by atoms with van der Waals surface area (Å²) in [5.74, 6) is -0.854. The largest absolute Gasteiger partial charge is 0.494 e. The van der Waals surface area contributed by atoms with E-state index in [-0.39, 0.29) is 31.5 Å². The van der Waals surface area contributed by atoms with Crippen molar-refractivity contribution in [2.45, 2.75) is 13.0 Å². The molecule has 1 aliphatic heterocycles. The monoisotopic (exact) mass is 567 g/mol. The molecular formula is C28H26ClN3O8. The van der Waals surface area contributed by atoms with E-state index in [1.54, 1.807) is 37.4 Å². The van der Waals surface area contributed by atoms with Crippen LogP contribution in [0.15, 0.2) is 58.7 Å². The molecule has 0 fully saturated rings. The lowest BCUT2D eigenvalue weighted by atomic mass is 10.00. The van der Waals surface area contributed by atoms with Crippen LogP contribution in [0, 0.1) is 0 Å². The molecule has 0 saturated heterocycles. The van der Waals surface area contributed by atoms with E-state index >= 15 is 0 Å². The van der Waals surface area contributed by atoms with E-state index < -0.39 is 28.5 Å². The van der Waals surface area contributed by atoms with Crippen molar-refractivity contribution < 1.29 is 28.9 Å². The molecule has 208 valence electrons. The van der Waals surface area contributed by atoms with Crippen molar-refractivity contribution in [1.29, 1.82) is 0 Å². The fourth-order valence-electron chi connectivity index (χ4n) is 4.22. The zero-order valence-electron chi connectivity index (χ0n) is 21.7. The molecule has 4 rings (SSSR count). The van der Waals surface area contributed by atoms with Gasteiger partial charge in [-0.1, -0.05) is 29.8 Å². The van der Waals surface area contributed by atoms with Crippen LogP contribution in [0.3, 0.4) is 0 Å². The van der Waals surface area contributed by atoms with Gasteiger partial charge in [0, 0.05) is 25.7 Å². The number of rotatable bonds is 10. The summed E-state index contributed by atoms with van der Waals surface area (Å²) in [6, 6.07) is 8.45. The molecule has 1 amide bonds. The second-order valence-corrected chi connectivity index (χ2v) is 9.13. The Morgan fingerprint density at radius 1 is 1.27 bits per heavy atom. The standard InChI is InChI=1S/C28H26ClN3O8/c1-4-12-32-27(36)22(25(34)30-28(32)37)20(33)10-9-17-16(14-21-24(23(17)38-3)40-15-39-21)11-13-31(2)26(35)18-7-5-6-8-19(18)29/h4-10,14,36H,1,11-13,15H2,2-3H3,(H,30,34,37). The van der Waals surface area contributed by atoms with E-state index in [0.717, 1.165) is 10.6 Å². The molecule has 2 heterocycles. The molecule has 40 heavy (non-hydrogen) atoms. The van der Waals surface area contributed by atoms with Gasteiger partial charge < -0.3 is 24.2 Å². The van der Waals surface area contributed by atoms with E-state index in [1.807, 2.05) is 4.98 Å². The lowest BCUT2D eigenvalue weighted by molar-refractivity contribution is 0.0796. The number of aromatic hydroxyl groups is 1. The number of fused-ring (bicyclic) bond motifs is 1. The number of nitrogens with one attached hydrogen (secondary N) is 1. The van der Waals surface area contributed by atoms with Crippen LogP contribution in [-0.4, -0.2) is 58.7 Å². The van der Waals surface area contributed by atoms with Gasteiger partial charge in [0.1, 0.15) is 5.56 Å². The quantitative estimate of drug-likeness (QED) is 0.216. The second kappa shape index (κ2) is 12.0. The van der Waals surface area contributed by atoms with Crippen LogP contribution < -0.4 is 25.5 Å². The first-order valence-electron chi connectivity index (χ1n) is 12.1. The number of halogens is 1. The normalized spacial score (nSPS) is 12.0. The third-order valence-electron chi connectivity index (χ3n) is 6.25.